The van der Waals surface area contributed by atoms with Gasteiger partial charge < -0.3 is 9.72 Å². The average Bonchev–Trinajstić information content (AvgIpc) is 3.49. The predicted molar refractivity (Wildman–Crippen MR) is 103 cm³/mol. The Kier molecular flexibility index (Phi) is 4.10. The number of nitrogens with one attached hydrogen (secondary N) is 1. The molecule has 2 aliphatic carbocycles. The van der Waals surface area contributed by atoms with E-state index in [0.717, 1.165) is 47.3 Å². The number of aryl methyl sites for hydroxylation is 1. The molecule has 0 bridgehead atoms. The molecule has 3 heterocycles. The molecule has 0 radical (unpaired) electrons. The summed E-state index contributed by atoms with van der Waals surface area (Å²) in [5.41, 5.74) is 4.92. The van der Waals surface area contributed by atoms with Gasteiger partial charge in [-0.1, -0.05) is 6.08 Å². The highest BCUT2D eigenvalue weighted by Gasteiger charge is 2.46. The maximum atomic E-state index is 13.9. The summed E-state index contributed by atoms with van der Waals surface area (Å²) in [6.45, 7) is -0.406. The summed E-state index contributed by atoms with van der Waals surface area (Å²) in [6.07, 6.45) is 13.6. The molecule has 1 saturated carbocycles. The summed E-state index contributed by atoms with van der Waals surface area (Å²) in [4.78, 5) is 13.2. The van der Waals surface area contributed by atoms with Gasteiger partial charge in [0.25, 0.3) is 5.92 Å². The van der Waals surface area contributed by atoms with Gasteiger partial charge in [-0.15, -0.1) is 0 Å². The van der Waals surface area contributed by atoms with E-state index in [-0.39, 0.29) is 5.95 Å². The first-order valence-corrected chi connectivity index (χ1v) is 9.71. The normalized spacial score (nSPS) is 17.1. The van der Waals surface area contributed by atoms with Crippen LogP contribution in [0.3, 0.4) is 0 Å². The molecule has 0 unspecified atom stereocenters. The fourth-order valence-electron chi connectivity index (χ4n) is 3.74. The molecule has 144 valence electrons. The molecule has 3 aromatic heterocycles. The molecule has 0 saturated heterocycles. The van der Waals surface area contributed by atoms with Crippen molar-refractivity contribution in [3.63, 3.8) is 0 Å². The Morgan fingerprint density at radius 3 is 2.96 bits per heavy atom. The lowest BCUT2D eigenvalue weighted by Crippen LogP contribution is -2.30. The van der Waals surface area contributed by atoms with Crippen LogP contribution >= 0.6 is 0 Å². The van der Waals surface area contributed by atoms with Crippen LogP contribution in [0.1, 0.15) is 42.5 Å². The summed E-state index contributed by atoms with van der Waals surface area (Å²) < 4.78 is 29.9. The van der Waals surface area contributed by atoms with E-state index in [2.05, 4.69) is 26.3 Å². The smallest absolute Gasteiger partial charge is 0.267 e. The molecule has 2 aliphatic rings. The van der Waals surface area contributed by atoms with E-state index in [0.29, 0.717) is 12.8 Å². The number of pyridine rings is 1. The number of nitrogens with zero attached hydrogens (tertiary/aromatic N) is 4. The maximum Gasteiger partial charge on any atom is 0.267 e. The zero-order chi connectivity index (χ0) is 19.1. The lowest BCUT2D eigenvalue weighted by molar-refractivity contribution is -0.00832. The van der Waals surface area contributed by atoms with Gasteiger partial charge in [0.1, 0.15) is 5.65 Å². The Balaban J connectivity index is 1.43. The standard InChI is InChI=1S/C21H21F2N5/c22-21(23,15-6-7-15)13-26-20-25-11-17-16(3-1-2-4-18(17)27-20)14-5-8-19-24-9-10-28(19)12-14/h3,5,8-12,15H,1-2,4,6-7,13H2,(H,25,26,27). The number of rotatable bonds is 5. The molecule has 0 aromatic carbocycles. The van der Waals surface area contributed by atoms with Crippen LogP contribution in [0, 0.1) is 5.92 Å². The highest BCUT2D eigenvalue weighted by molar-refractivity contribution is 5.81. The summed E-state index contributed by atoms with van der Waals surface area (Å²) in [5.74, 6) is -2.90. The van der Waals surface area contributed by atoms with Crippen LogP contribution in [0.5, 0.6) is 0 Å². The second kappa shape index (κ2) is 6.65. The molecular formula is C21H21F2N5. The predicted octanol–water partition coefficient (Wildman–Crippen LogP) is 4.35. The first-order chi connectivity index (χ1) is 13.6. The number of hydrogen-bond donors (Lipinski definition) is 1. The van der Waals surface area contributed by atoms with Crippen LogP contribution in [-0.2, 0) is 6.42 Å². The molecule has 0 atom stereocenters. The zero-order valence-corrected chi connectivity index (χ0v) is 15.4. The molecule has 7 heteroatoms. The number of anilines is 1. The van der Waals surface area contributed by atoms with Gasteiger partial charge in [0.05, 0.1) is 12.2 Å². The minimum atomic E-state index is -2.69. The van der Waals surface area contributed by atoms with Crippen LogP contribution in [-0.4, -0.2) is 31.8 Å². The van der Waals surface area contributed by atoms with Crippen molar-refractivity contribution in [2.45, 2.75) is 38.0 Å². The van der Waals surface area contributed by atoms with E-state index in [1.807, 2.05) is 28.9 Å². The van der Waals surface area contributed by atoms with E-state index < -0.39 is 18.4 Å². The van der Waals surface area contributed by atoms with Crippen molar-refractivity contribution in [1.82, 2.24) is 19.4 Å². The van der Waals surface area contributed by atoms with Crippen molar-refractivity contribution in [3.05, 3.63) is 59.8 Å². The molecule has 1 N–H and O–H groups in total. The molecule has 1 fully saturated rings. The maximum absolute atomic E-state index is 13.9. The van der Waals surface area contributed by atoms with Crippen LogP contribution in [0.25, 0.3) is 11.2 Å². The van der Waals surface area contributed by atoms with Gasteiger partial charge in [-0.25, -0.2) is 23.7 Å². The van der Waals surface area contributed by atoms with Crippen LogP contribution in [0.2, 0.25) is 0 Å². The number of halogens is 2. The first kappa shape index (κ1) is 17.3. The van der Waals surface area contributed by atoms with E-state index in [9.17, 15) is 8.78 Å². The lowest BCUT2D eigenvalue weighted by Gasteiger charge is -2.17. The van der Waals surface area contributed by atoms with Crippen molar-refractivity contribution in [2.24, 2.45) is 5.92 Å². The Hall–Kier alpha value is -2.83. The minimum Gasteiger partial charge on any atom is -0.348 e. The molecule has 3 aromatic rings. The van der Waals surface area contributed by atoms with E-state index in [4.69, 9.17) is 0 Å². The summed E-state index contributed by atoms with van der Waals surface area (Å²) >= 11 is 0. The van der Waals surface area contributed by atoms with Gasteiger partial charge in [0, 0.05) is 36.3 Å². The minimum absolute atomic E-state index is 0.283. The Bertz CT molecular complexity index is 1050. The third-order valence-corrected chi connectivity index (χ3v) is 5.48. The van der Waals surface area contributed by atoms with Crippen LogP contribution in [0.4, 0.5) is 14.7 Å². The van der Waals surface area contributed by atoms with Crippen molar-refractivity contribution in [3.8, 4) is 0 Å². The van der Waals surface area contributed by atoms with Gasteiger partial charge in [-0.3, -0.25) is 0 Å². The summed E-state index contributed by atoms with van der Waals surface area (Å²) in [7, 11) is 0. The molecule has 0 aliphatic heterocycles. The number of alkyl halides is 2. The highest BCUT2D eigenvalue weighted by atomic mass is 19.3. The topological polar surface area (TPSA) is 55.1 Å². The molecule has 5 nitrogen and oxygen atoms in total. The van der Waals surface area contributed by atoms with Crippen LogP contribution < -0.4 is 5.32 Å². The SMILES string of the molecule is FC(F)(CNc1ncc2c(n1)CCCC=C2c1ccc2nccn2c1)C1CC1. The van der Waals surface area contributed by atoms with E-state index in [1.165, 1.54) is 0 Å². The molecule has 28 heavy (non-hydrogen) atoms. The van der Waals surface area contributed by atoms with Gasteiger partial charge in [-0.2, -0.15) is 0 Å². The Morgan fingerprint density at radius 2 is 2.11 bits per heavy atom. The first-order valence-electron chi connectivity index (χ1n) is 9.71. The van der Waals surface area contributed by atoms with Crippen molar-refractivity contribution >= 4 is 17.2 Å². The molecule has 0 amide bonds. The quantitative estimate of drug-likeness (QED) is 0.714. The third kappa shape index (κ3) is 3.25. The second-order valence-corrected chi connectivity index (χ2v) is 7.56. The third-order valence-electron chi connectivity index (χ3n) is 5.48. The molecule has 5 rings (SSSR count). The fourth-order valence-corrected chi connectivity index (χ4v) is 3.74. The fraction of sp³-hybridized carbons (Fsp3) is 0.381. The Morgan fingerprint density at radius 1 is 1.21 bits per heavy atom. The van der Waals surface area contributed by atoms with Gasteiger partial charge >= 0.3 is 0 Å². The second-order valence-electron chi connectivity index (χ2n) is 7.56. The van der Waals surface area contributed by atoms with Gasteiger partial charge in [0.2, 0.25) is 5.95 Å². The lowest BCUT2D eigenvalue weighted by atomic mass is 9.99. The summed E-state index contributed by atoms with van der Waals surface area (Å²) in [6, 6.07) is 4.03. The van der Waals surface area contributed by atoms with Crippen LogP contribution in [0.15, 0.2) is 43.0 Å². The molecule has 0 spiro atoms. The zero-order valence-electron chi connectivity index (χ0n) is 15.4. The number of allylic oxidation sites excluding steroid dienone is 1. The average molecular weight is 381 g/mol. The van der Waals surface area contributed by atoms with Crippen molar-refractivity contribution in [1.29, 1.82) is 0 Å². The monoisotopic (exact) mass is 381 g/mol. The van der Waals surface area contributed by atoms with Gasteiger partial charge in [-0.05, 0) is 55.4 Å². The van der Waals surface area contributed by atoms with Gasteiger partial charge in [0.15, 0.2) is 0 Å². The van der Waals surface area contributed by atoms with E-state index >= 15 is 0 Å². The number of fused-ring (bicyclic) bond motifs is 2. The molecular weight excluding hydrogens is 360 g/mol. The highest BCUT2D eigenvalue weighted by Crippen LogP contribution is 2.43. The number of hydrogen-bond acceptors (Lipinski definition) is 4. The number of aromatic nitrogens is 4. The Labute approximate surface area is 161 Å². The largest absolute Gasteiger partial charge is 0.348 e. The summed E-state index contributed by atoms with van der Waals surface area (Å²) in [5, 5.41) is 2.75. The van der Waals surface area contributed by atoms with Crippen molar-refractivity contribution < 1.29 is 8.78 Å². The number of imidazole rings is 1. The van der Waals surface area contributed by atoms with Crippen molar-refractivity contribution in [2.75, 3.05) is 11.9 Å². The van der Waals surface area contributed by atoms with E-state index in [1.54, 1.807) is 12.4 Å².